The average Bonchev–Trinajstić information content (AvgIpc) is 2.93. The lowest BCUT2D eigenvalue weighted by atomic mass is 9.93. The van der Waals surface area contributed by atoms with E-state index in [1.165, 1.54) is 10.9 Å². The summed E-state index contributed by atoms with van der Waals surface area (Å²) in [5, 5.41) is 8.96. The second kappa shape index (κ2) is 7.60. The zero-order valence-corrected chi connectivity index (χ0v) is 14.7. The number of hydrogen-bond acceptors (Lipinski definition) is 4. The SMILES string of the molecule is O=C(c1cccnn1)N1CCCC(Cc2cnc3ccccc3c2)CC1. The Morgan fingerprint density at radius 2 is 2.04 bits per heavy atom. The molecule has 0 N–H and O–H groups in total. The summed E-state index contributed by atoms with van der Waals surface area (Å²) in [5.41, 5.74) is 2.75. The topological polar surface area (TPSA) is 59.0 Å². The average molecular weight is 346 g/mol. The van der Waals surface area contributed by atoms with Gasteiger partial charge in [0.15, 0.2) is 5.69 Å². The standard InChI is InChI=1S/C21H22N4O/c26-21(20-8-3-10-23-24-20)25-11-4-5-16(9-12-25)13-17-14-18-6-1-2-7-19(18)22-15-17/h1-3,6-8,10,14-16H,4-5,9,11-13H2. The Morgan fingerprint density at radius 3 is 2.92 bits per heavy atom. The van der Waals surface area contributed by atoms with Crippen LogP contribution in [0, 0.1) is 5.92 Å². The van der Waals surface area contributed by atoms with Crippen LogP contribution in [-0.4, -0.2) is 39.1 Å². The predicted molar refractivity (Wildman–Crippen MR) is 101 cm³/mol. The Labute approximate surface area is 153 Å². The van der Waals surface area contributed by atoms with Crippen LogP contribution < -0.4 is 0 Å². The van der Waals surface area contributed by atoms with Crippen LogP contribution in [0.15, 0.2) is 54.9 Å². The van der Waals surface area contributed by atoms with Crippen LogP contribution in [0.5, 0.6) is 0 Å². The molecule has 1 fully saturated rings. The molecule has 1 unspecified atom stereocenters. The Hall–Kier alpha value is -2.82. The molecule has 0 aliphatic carbocycles. The molecule has 5 nitrogen and oxygen atoms in total. The minimum atomic E-state index is -0.00822. The normalized spacial score (nSPS) is 17.8. The number of aromatic nitrogens is 3. The van der Waals surface area contributed by atoms with Gasteiger partial charge in [0.05, 0.1) is 5.52 Å². The van der Waals surface area contributed by atoms with Crippen LogP contribution in [0.3, 0.4) is 0 Å². The first-order chi connectivity index (χ1) is 12.8. The molecular formula is C21H22N4O. The van der Waals surface area contributed by atoms with Gasteiger partial charge in [0.25, 0.3) is 5.91 Å². The summed E-state index contributed by atoms with van der Waals surface area (Å²) in [6.45, 7) is 1.57. The van der Waals surface area contributed by atoms with Crippen molar-refractivity contribution in [3.05, 3.63) is 66.1 Å². The van der Waals surface area contributed by atoms with E-state index in [1.807, 2.05) is 23.2 Å². The Balaban J connectivity index is 1.41. The second-order valence-corrected chi connectivity index (χ2v) is 6.94. The minimum absolute atomic E-state index is 0.00822. The van der Waals surface area contributed by atoms with E-state index in [1.54, 1.807) is 18.3 Å². The maximum atomic E-state index is 12.6. The van der Waals surface area contributed by atoms with Gasteiger partial charge in [-0.2, -0.15) is 5.10 Å². The van der Waals surface area contributed by atoms with E-state index in [2.05, 4.69) is 33.4 Å². The number of amides is 1. The van der Waals surface area contributed by atoms with Crippen molar-refractivity contribution < 1.29 is 4.79 Å². The summed E-state index contributed by atoms with van der Waals surface area (Å²) in [4.78, 5) is 19.1. The molecule has 26 heavy (non-hydrogen) atoms. The Kier molecular flexibility index (Phi) is 4.86. The summed E-state index contributed by atoms with van der Waals surface area (Å²) >= 11 is 0. The smallest absolute Gasteiger partial charge is 0.274 e. The number of fused-ring (bicyclic) bond motifs is 1. The van der Waals surface area contributed by atoms with Gasteiger partial charge >= 0.3 is 0 Å². The third-order valence-corrected chi connectivity index (χ3v) is 5.10. The number of rotatable bonds is 3. The third kappa shape index (κ3) is 3.72. The number of nitrogens with zero attached hydrogens (tertiary/aromatic N) is 4. The molecule has 1 atom stereocenters. The highest BCUT2D eigenvalue weighted by Crippen LogP contribution is 2.24. The monoisotopic (exact) mass is 346 g/mol. The molecule has 2 aromatic heterocycles. The first-order valence-corrected chi connectivity index (χ1v) is 9.20. The molecule has 0 saturated carbocycles. The molecule has 132 valence electrons. The van der Waals surface area contributed by atoms with E-state index in [9.17, 15) is 4.79 Å². The third-order valence-electron chi connectivity index (χ3n) is 5.10. The van der Waals surface area contributed by atoms with Gasteiger partial charge in [0.1, 0.15) is 0 Å². The highest BCUT2D eigenvalue weighted by molar-refractivity contribution is 5.92. The molecule has 3 heterocycles. The number of benzene rings is 1. The van der Waals surface area contributed by atoms with E-state index in [-0.39, 0.29) is 5.91 Å². The van der Waals surface area contributed by atoms with E-state index in [0.29, 0.717) is 11.6 Å². The Morgan fingerprint density at radius 1 is 1.12 bits per heavy atom. The minimum Gasteiger partial charge on any atom is -0.337 e. The fraction of sp³-hybridized carbons (Fsp3) is 0.333. The Bertz CT molecular complexity index is 897. The molecule has 3 aromatic rings. The summed E-state index contributed by atoms with van der Waals surface area (Å²) in [6.07, 6.45) is 7.78. The van der Waals surface area contributed by atoms with Crippen LogP contribution in [0.2, 0.25) is 0 Å². The van der Waals surface area contributed by atoms with Gasteiger partial charge in [0, 0.05) is 30.9 Å². The molecule has 0 spiro atoms. The quantitative estimate of drug-likeness (QED) is 0.728. The summed E-state index contributed by atoms with van der Waals surface area (Å²) in [7, 11) is 0. The molecule has 0 radical (unpaired) electrons. The van der Waals surface area contributed by atoms with Crippen molar-refractivity contribution in [1.29, 1.82) is 0 Å². The lowest BCUT2D eigenvalue weighted by Gasteiger charge is -2.20. The van der Waals surface area contributed by atoms with Gasteiger partial charge in [-0.25, -0.2) is 0 Å². The largest absolute Gasteiger partial charge is 0.337 e. The van der Waals surface area contributed by atoms with E-state index in [4.69, 9.17) is 0 Å². The van der Waals surface area contributed by atoms with Crippen LogP contribution in [0.1, 0.15) is 35.3 Å². The number of hydrogen-bond donors (Lipinski definition) is 0. The van der Waals surface area contributed by atoms with Crippen molar-refractivity contribution in [3.8, 4) is 0 Å². The van der Waals surface area contributed by atoms with Gasteiger partial charge in [0.2, 0.25) is 0 Å². The number of carbonyl (C=O) groups is 1. The maximum Gasteiger partial charge on any atom is 0.274 e. The van der Waals surface area contributed by atoms with Crippen LogP contribution in [-0.2, 0) is 6.42 Å². The lowest BCUT2D eigenvalue weighted by molar-refractivity contribution is 0.0753. The van der Waals surface area contributed by atoms with Crippen molar-refractivity contribution in [2.75, 3.05) is 13.1 Å². The van der Waals surface area contributed by atoms with Gasteiger partial charge in [-0.1, -0.05) is 18.2 Å². The lowest BCUT2D eigenvalue weighted by Crippen LogP contribution is -2.32. The van der Waals surface area contributed by atoms with Gasteiger partial charge < -0.3 is 4.90 Å². The molecule has 1 aliphatic heterocycles. The zero-order valence-electron chi connectivity index (χ0n) is 14.7. The van der Waals surface area contributed by atoms with Crippen molar-refractivity contribution in [3.63, 3.8) is 0 Å². The van der Waals surface area contributed by atoms with Crippen LogP contribution in [0.4, 0.5) is 0 Å². The summed E-state index contributed by atoms with van der Waals surface area (Å²) < 4.78 is 0. The fourth-order valence-electron chi connectivity index (χ4n) is 3.71. The zero-order chi connectivity index (χ0) is 17.8. The number of likely N-dealkylation sites (tertiary alicyclic amines) is 1. The van der Waals surface area contributed by atoms with Gasteiger partial charge in [-0.15, -0.1) is 5.10 Å². The molecule has 1 aliphatic rings. The van der Waals surface area contributed by atoms with Gasteiger partial charge in [-0.3, -0.25) is 9.78 Å². The highest BCUT2D eigenvalue weighted by atomic mass is 16.2. The molecule has 5 heteroatoms. The first kappa shape index (κ1) is 16.6. The van der Waals surface area contributed by atoms with E-state index < -0.39 is 0 Å². The van der Waals surface area contributed by atoms with E-state index >= 15 is 0 Å². The maximum absolute atomic E-state index is 12.6. The van der Waals surface area contributed by atoms with E-state index in [0.717, 1.165) is 44.3 Å². The summed E-state index contributed by atoms with van der Waals surface area (Å²) in [5.74, 6) is 0.573. The number of para-hydroxylation sites is 1. The van der Waals surface area contributed by atoms with Crippen LogP contribution in [0.25, 0.3) is 10.9 Å². The number of pyridine rings is 1. The summed E-state index contributed by atoms with van der Waals surface area (Å²) in [6, 6.07) is 14.0. The second-order valence-electron chi connectivity index (χ2n) is 6.94. The highest BCUT2D eigenvalue weighted by Gasteiger charge is 2.22. The molecule has 0 bridgehead atoms. The van der Waals surface area contributed by atoms with Crippen molar-refractivity contribution in [2.45, 2.75) is 25.7 Å². The van der Waals surface area contributed by atoms with Crippen molar-refractivity contribution in [1.82, 2.24) is 20.1 Å². The molecule has 1 saturated heterocycles. The first-order valence-electron chi connectivity index (χ1n) is 9.20. The molecule has 1 aromatic carbocycles. The molecular weight excluding hydrogens is 324 g/mol. The van der Waals surface area contributed by atoms with Crippen molar-refractivity contribution in [2.24, 2.45) is 5.92 Å². The number of carbonyl (C=O) groups excluding carboxylic acids is 1. The van der Waals surface area contributed by atoms with Crippen LogP contribution >= 0.6 is 0 Å². The van der Waals surface area contributed by atoms with Gasteiger partial charge in [-0.05, 0) is 61.4 Å². The fourth-order valence-corrected chi connectivity index (χ4v) is 3.71. The molecule has 1 amide bonds. The van der Waals surface area contributed by atoms with Crippen molar-refractivity contribution >= 4 is 16.8 Å². The predicted octanol–water partition coefficient (Wildman–Crippen LogP) is 3.51. The molecule has 4 rings (SSSR count).